The highest BCUT2D eigenvalue weighted by Gasteiger charge is 2.23. The normalized spacial score (nSPS) is 22.4. The largest absolute Gasteiger partial charge is 0.314 e. The fourth-order valence-corrected chi connectivity index (χ4v) is 2.41. The molecule has 88 valence electrons. The maximum atomic E-state index is 13.5. The van der Waals surface area contributed by atoms with E-state index in [1.165, 1.54) is 0 Å². The van der Waals surface area contributed by atoms with Crippen molar-refractivity contribution in [1.82, 2.24) is 10.2 Å². The van der Waals surface area contributed by atoms with Gasteiger partial charge in [0.2, 0.25) is 0 Å². The van der Waals surface area contributed by atoms with Crippen LogP contribution in [0.4, 0.5) is 4.39 Å². The fourth-order valence-electron chi connectivity index (χ4n) is 2.07. The molecule has 2 rings (SSSR count). The molecule has 16 heavy (non-hydrogen) atoms. The summed E-state index contributed by atoms with van der Waals surface area (Å²) in [7, 11) is 2.04. The van der Waals surface area contributed by atoms with Gasteiger partial charge in [0.25, 0.3) is 0 Å². The second kappa shape index (κ2) is 4.70. The average Bonchev–Trinajstić information content (AvgIpc) is 2.25. The summed E-state index contributed by atoms with van der Waals surface area (Å²) in [5, 5.41) is 3.95. The van der Waals surface area contributed by atoms with Crippen molar-refractivity contribution in [2.24, 2.45) is 0 Å². The minimum atomic E-state index is -0.182. The van der Waals surface area contributed by atoms with Crippen molar-refractivity contribution in [2.75, 3.05) is 26.7 Å². The van der Waals surface area contributed by atoms with Gasteiger partial charge in [-0.3, -0.25) is 4.90 Å². The van der Waals surface area contributed by atoms with Gasteiger partial charge in [-0.15, -0.1) is 0 Å². The molecule has 1 N–H and O–H groups in total. The van der Waals surface area contributed by atoms with E-state index in [-0.39, 0.29) is 11.9 Å². The van der Waals surface area contributed by atoms with Gasteiger partial charge in [0.15, 0.2) is 0 Å². The van der Waals surface area contributed by atoms with Gasteiger partial charge in [-0.2, -0.15) is 0 Å². The third kappa shape index (κ3) is 2.21. The van der Waals surface area contributed by atoms with Gasteiger partial charge in [-0.05, 0) is 37.2 Å². The van der Waals surface area contributed by atoms with Gasteiger partial charge >= 0.3 is 0 Å². The van der Waals surface area contributed by atoms with Crippen molar-refractivity contribution in [3.8, 4) is 0 Å². The molecule has 0 amide bonds. The van der Waals surface area contributed by atoms with E-state index in [2.05, 4.69) is 10.2 Å². The average molecular weight is 243 g/mol. The molecule has 1 unspecified atom stereocenters. The molecule has 4 heteroatoms. The van der Waals surface area contributed by atoms with E-state index in [1.54, 1.807) is 19.1 Å². The Hall–Kier alpha value is -0.640. The first-order valence-corrected chi connectivity index (χ1v) is 5.84. The monoisotopic (exact) mass is 242 g/mol. The topological polar surface area (TPSA) is 15.3 Å². The number of halogens is 2. The summed E-state index contributed by atoms with van der Waals surface area (Å²) in [6.45, 7) is 4.47. The number of piperazine rings is 1. The first-order chi connectivity index (χ1) is 7.59. The zero-order valence-electron chi connectivity index (χ0n) is 9.56. The molecule has 1 aromatic rings. The maximum Gasteiger partial charge on any atom is 0.126 e. The number of aryl methyl sites for hydroxylation is 1. The minimum absolute atomic E-state index is 0.163. The Morgan fingerprint density at radius 1 is 1.50 bits per heavy atom. The Kier molecular flexibility index (Phi) is 3.47. The van der Waals surface area contributed by atoms with E-state index in [0.29, 0.717) is 10.6 Å². The molecule has 0 aromatic heterocycles. The van der Waals surface area contributed by atoms with Crippen LogP contribution < -0.4 is 5.32 Å². The molecular formula is C12H16ClFN2. The molecule has 0 bridgehead atoms. The summed E-state index contributed by atoms with van der Waals surface area (Å²) in [5.74, 6) is -0.182. The number of hydrogen-bond acceptors (Lipinski definition) is 2. The summed E-state index contributed by atoms with van der Waals surface area (Å²) in [6.07, 6.45) is 0. The van der Waals surface area contributed by atoms with Gasteiger partial charge in [-0.1, -0.05) is 11.6 Å². The predicted octanol–water partition coefficient (Wildman–Crippen LogP) is 2.36. The molecule has 0 radical (unpaired) electrons. The molecule has 1 heterocycles. The molecule has 0 aliphatic carbocycles. The Labute approximate surface area is 100 Å². The molecule has 1 aliphatic heterocycles. The standard InChI is InChI=1S/C12H16ClFN2/c1-8-5-10(13)9(6-11(8)14)12-7-15-3-4-16(12)2/h5-6,12,15H,3-4,7H2,1-2H3. The first-order valence-electron chi connectivity index (χ1n) is 5.46. The van der Waals surface area contributed by atoms with Crippen LogP contribution in [0.25, 0.3) is 0 Å². The number of nitrogens with one attached hydrogen (secondary N) is 1. The van der Waals surface area contributed by atoms with Crippen molar-refractivity contribution in [3.05, 3.63) is 34.1 Å². The molecule has 1 atom stereocenters. The van der Waals surface area contributed by atoms with Crippen LogP contribution in [-0.4, -0.2) is 31.6 Å². The van der Waals surface area contributed by atoms with Crippen molar-refractivity contribution >= 4 is 11.6 Å². The lowest BCUT2D eigenvalue weighted by Crippen LogP contribution is -2.43. The quantitative estimate of drug-likeness (QED) is 0.814. The Bertz CT molecular complexity index is 395. The van der Waals surface area contributed by atoms with Crippen LogP contribution >= 0.6 is 11.6 Å². The van der Waals surface area contributed by atoms with E-state index in [1.807, 2.05) is 7.05 Å². The number of benzene rings is 1. The molecule has 2 nitrogen and oxygen atoms in total. The highest BCUT2D eigenvalue weighted by Crippen LogP contribution is 2.29. The van der Waals surface area contributed by atoms with E-state index in [4.69, 9.17) is 11.6 Å². The van der Waals surface area contributed by atoms with E-state index in [0.717, 1.165) is 25.2 Å². The van der Waals surface area contributed by atoms with Crippen molar-refractivity contribution in [3.63, 3.8) is 0 Å². The van der Waals surface area contributed by atoms with Crippen LogP contribution in [0, 0.1) is 12.7 Å². The van der Waals surface area contributed by atoms with Crippen molar-refractivity contribution in [2.45, 2.75) is 13.0 Å². The van der Waals surface area contributed by atoms with Crippen LogP contribution in [0.3, 0.4) is 0 Å². The smallest absolute Gasteiger partial charge is 0.126 e. The Morgan fingerprint density at radius 2 is 2.25 bits per heavy atom. The molecule has 1 saturated heterocycles. The second-order valence-corrected chi connectivity index (χ2v) is 4.73. The van der Waals surface area contributed by atoms with Gasteiger partial charge in [0.05, 0.1) is 0 Å². The van der Waals surface area contributed by atoms with Gasteiger partial charge in [0, 0.05) is 30.7 Å². The van der Waals surface area contributed by atoms with Crippen LogP contribution in [0.5, 0.6) is 0 Å². The summed E-state index contributed by atoms with van der Waals surface area (Å²) >= 11 is 6.18. The predicted molar refractivity (Wildman–Crippen MR) is 64.4 cm³/mol. The molecular weight excluding hydrogens is 227 g/mol. The maximum absolute atomic E-state index is 13.5. The highest BCUT2D eigenvalue weighted by atomic mass is 35.5. The molecule has 1 fully saturated rings. The van der Waals surface area contributed by atoms with Crippen LogP contribution in [0.2, 0.25) is 5.02 Å². The van der Waals surface area contributed by atoms with Gasteiger partial charge in [-0.25, -0.2) is 4.39 Å². The lowest BCUT2D eigenvalue weighted by Gasteiger charge is -2.34. The van der Waals surface area contributed by atoms with E-state index in [9.17, 15) is 4.39 Å². The number of rotatable bonds is 1. The van der Waals surface area contributed by atoms with Gasteiger partial charge in [0.1, 0.15) is 5.82 Å². The summed E-state index contributed by atoms with van der Waals surface area (Å²) in [5.41, 5.74) is 1.47. The van der Waals surface area contributed by atoms with Crippen LogP contribution in [0.1, 0.15) is 17.2 Å². The van der Waals surface area contributed by atoms with E-state index >= 15 is 0 Å². The summed E-state index contributed by atoms with van der Waals surface area (Å²) in [4.78, 5) is 2.20. The van der Waals surface area contributed by atoms with Crippen molar-refractivity contribution < 1.29 is 4.39 Å². The van der Waals surface area contributed by atoms with Crippen molar-refractivity contribution in [1.29, 1.82) is 0 Å². The summed E-state index contributed by atoms with van der Waals surface area (Å²) in [6, 6.07) is 3.43. The number of likely N-dealkylation sites (N-methyl/N-ethyl adjacent to an activating group) is 1. The van der Waals surface area contributed by atoms with Crippen LogP contribution in [-0.2, 0) is 0 Å². The number of hydrogen-bond donors (Lipinski definition) is 1. The lowest BCUT2D eigenvalue weighted by molar-refractivity contribution is 0.202. The zero-order chi connectivity index (χ0) is 11.7. The van der Waals surface area contributed by atoms with E-state index < -0.39 is 0 Å². The lowest BCUT2D eigenvalue weighted by atomic mass is 10.0. The fraction of sp³-hybridized carbons (Fsp3) is 0.500. The third-order valence-corrected chi connectivity index (χ3v) is 3.48. The van der Waals surface area contributed by atoms with Crippen LogP contribution in [0.15, 0.2) is 12.1 Å². The number of nitrogens with zero attached hydrogens (tertiary/aromatic N) is 1. The molecule has 1 aliphatic rings. The zero-order valence-corrected chi connectivity index (χ0v) is 10.3. The molecule has 0 saturated carbocycles. The minimum Gasteiger partial charge on any atom is -0.314 e. The molecule has 1 aromatic carbocycles. The Balaban J connectivity index is 2.35. The highest BCUT2D eigenvalue weighted by molar-refractivity contribution is 6.31. The first kappa shape index (κ1) is 11.8. The third-order valence-electron chi connectivity index (χ3n) is 3.15. The Morgan fingerprint density at radius 3 is 2.94 bits per heavy atom. The van der Waals surface area contributed by atoms with Gasteiger partial charge < -0.3 is 5.32 Å². The SMILES string of the molecule is Cc1cc(Cl)c(C2CNCCN2C)cc1F. The molecule has 0 spiro atoms. The second-order valence-electron chi connectivity index (χ2n) is 4.32. The summed E-state index contributed by atoms with van der Waals surface area (Å²) < 4.78 is 13.5.